The first kappa shape index (κ1) is 21.2. The van der Waals surface area contributed by atoms with E-state index >= 15 is 0 Å². The maximum atomic E-state index is 11.2. The van der Waals surface area contributed by atoms with Crippen LogP contribution in [0.15, 0.2) is 36.4 Å². The lowest BCUT2D eigenvalue weighted by Crippen LogP contribution is -2.05. The summed E-state index contributed by atoms with van der Waals surface area (Å²) in [6, 6.07) is 11.6. The Morgan fingerprint density at radius 1 is 1.20 bits per heavy atom. The van der Waals surface area contributed by atoms with Crippen molar-refractivity contribution in [1.82, 2.24) is 4.98 Å². The summed E-state index contributed by atoms with van der Waals surface area (Å²) in [4.78, 5) is 17.2. The van der Waals surface area contributed by atoms with Crippen LogP contribution in [-0.4, -0.2) is 17.6 Å². The number of esters is 1. The first-order chi connectivity index (χ1) is 14.4. The molecule has 30 heavy (non-hydrogen) atoms. The number of rotatable bonds is 6. The topological polar surface area (TPSA) is 48.4 Å². The standard InChI is InChI=1S/C23H21Cl2NO3S/c1-13-21(26-23(30-13)16-3-7-19(24)20(25)12-16)9-10-28-17-5-6-18-15(11-17)4-8-22(18)29-14(2)27/h3,5-7,11-12,22H,4,8-10H2,1-2H3. The van der Waals surface area contributed by atoms with Crippen molar-refractivity contribution in [1.29, 1.82) is 0 Å². The fourth-order valence-electron chi connectivity index (χ4n) is 3.65. The third kappa shape index (κ3) is 4.64. The summed E-state index contributed by atoms with van der Waals surface area (Å²) in [6.45, 7) is 4.05. The number of benzene rings is 2. The Bertz CT molecular complexity index is 1100. The van der Waals surface area contributed by atoms with E-state index in [1.54, 1.807) is 17.4 Å². The van der Waals surface area contributed by atoms with Gasteiger partial charge in [-0.2, -0.15) is 0 Å². The Hall–Kier alpha value is -2.08. The van der Waals surface area contributed by atoms with Gasteiger partial charge in [0.1, 0.15) is 16.9 Å². The van der Waals surface area contributed by atoms with Gasteiger partial charge in [-0.25, -0.2) is 4.98 Å². The second-order valence-corrected chi connectivity index (χ2v) is 9.26. The minimum atomic E-state index is -0.243. The van der Waals surface area contributed by atoms with E-state index in [1.807, 2.05) is 30.3 Å². The van der Waals surface area contributed by atoms with Crippen molar-refractivity contribution in [3.05, 3.63) is 68.1 Å². The van der Waals surface area contributed by atoms with Gasteiger partial charge in [0.25, 0.3) is 0 Å². The normalized spacial score (nSPS) is 15.1. The number of thiazole rings is 1. The largest absolute Gasteiger partial charge is 0.493 e. The Labute approximate surface area is 189 Å². The van der Waals surface area contributed by atoms with Crippen molar-refractivity contribution in [2.45, 2.75) is 39.2 Å². The van der Waals surface area contributed by atoms with Crippen LogP contribution >= 0.6 is 34.5 Å². The van der Waals surface area contributed by atoms with Crippen LogP contribution in [0.25, 0.3) is 10.6 Å². The van der Waals surface area contributed by atoms with E-state index in [0.717, 1.165) is 51.7 Å². The highest BCUT2D eigenvalue weighted by molar-refractivity contribution is 7.15. The van der Waals surface area contributed by atoms with Gasteiger partial charge in [0.2, 0.25) is 0 Å². The zero-order valence-corrected chi connectivity index (χ0v) is 19.0. The second kappa shape index (κ2) is 8.96. The number of hydrogen-bond donors (Lipinski definition) is 0. The average Bonchev–Trinajstić information content (AvgIpc) is 3.27. The number of nitrogens with zero attached hydrogens (tertiary/aromatic N) is 1. The molecule has 1 unspecified atom stereocenters. The smallest absolute Gasteiger partial charge is 0.303 e. The summed E-state index contributed by atoms with van der Waals surface area (Å²) in [5, 5.41) is 1.99. The number of carbonyl (C=O) groups excluding carboxylic acids is 1. The monoisotopic (exact) mass is 461 g/mol. The molecule has 1 aliphatic carbocycles. The molecule has 0 aliphatic heterocycles. The van der Waals surface area contributed by atoms with Crippen LogP contribution in [0.1, 0.15) is 41.1 Å². The highest BCUT2D eigenvalue weighted by Gasteiger charge is 2.25. The van der Waals surface area contributed by atoms with Crippen LogP contribution in [-0.2, 0) is 22.4 Å². The van der Waals surface area contributed by atoms with Crippen molar-refractivity contribution in [2.75, 3.05) is 6.61 Å². The molecule has 7 heteroatoms. The Kier molecular flexibility index (Phi) is 6.32. The predicted octanol–water partition coefficient (Wildman–Crippen LogP) is 6.60. The van der Waals surface area contributed by atoms with Gasteiger partial charge in [-0.05, 0) is 55.2 Å². The van der Waals surface area contributed by atoms with Crippen LogP contribution in [0, 0.1) is 6.92 Å². The summed E-state index contributed by atoms with van der Waals surface area (Å²) in [6.07, 6.45) is 2.30. The molecule has 1 aliphatic rings. The third-order valence-electron chi connectivity index (χ3n) is 5.11. The molecular formula is C23H21Cl2NO3S. The van der Waals surface area contributed by atoms with Crippen LogP contribution < -0.4 is 4.74 Å². The van der Waals surface area contributed by atoms with Gasteiger partial charge in [-0.1, -0.05) is 35.3 Å². The number of ether oxygens (including phenoxy) is 2. The minimum absolute atomic E-state index is 0.135. The lowest BCUT2D eigenvalue weighted by molar-refractivity contribution is -0.146. The van der Waals surface area contributed by atoms with Gasteiger partial charge in [-0.3, -0.25) is 4.79 Å². The average molecular weight is 462 g/mol. The van der Waals surface area contributed by atoms with Crippen molar-refractivity contribution in [2.24, 2.45) is 0 Å². The molecule has 0 radical (unpaired) electrons. The third-order valence-corrected chi connectivity index (χ3v) is 6.91. The fourth-order valence-corrected chi connectivity index (χ4v) is 4.90. The molecule has 156 valence electrons. The zero-order valence-electron chi connectivity index (χ0n) is 16.7. The van der Waals surface area contributed by atoms with Crippen LogP contribution in [0.5, 0.6) is 5.75 Å². The molecule has 0 N–H and O–H groups in total. The molecule has 1 heterocycles. The fraction of sp³-hybridized carbons (Fsp3) is 0.304. The van der Waals surface area contributed by atoms with Gasteiger partial charge in [-0.15, -0.1) is 11.3 Å². The first-order valence-corrected chi connectivity index (χ1v) is 11.3. The van der Waals surface area contributed by atoms with Crippen LogP contribution in [0.3, 0.4) is 0 Å². The van der Waals surface area contributed by atoms with Gasteiger partial charge in [0.05, 0.1) is 22.3 Å². The zero-order chi connectivity index (χ0) is 21.3. The number of hydrogen-bond acceptors (Lipinski definition) is 5. The molecule has 0 saturated heterocycles. The Balaban J connectivity index is 1.39. The van der Waals surface area contributed by atoms with E-state index in [9.17, 15) is 4.79 Å². The van der Waals surface area contributed by atoms with E-state index in [0.29, 0.717) is 16.7 Å². The summed E-state index contributed by atoms with van der Waals surface area (Å²) in [5.41, 5.74) is 4.26. The Morgan fingerprint density at radius 2 is 2.03 bits per heavy atom. The molecule has 1 atom stereocenters. The number of aryl methyl sites for hydroxylation is 2. The van der Waals surface area contributed by atoms with E-state index in [4.69, 9.17) is 37.7 Å². The lowest BCUT2D eigenvalue weighted by atomic mass is 10.1. The van der Waals surface area contributed by atoms with Crippen molar-refractivity contribution in [3.8, 4) is 16.3 Å². The van der Waals surface area contributed by atoms with Gasteiger partial charge in [0.15, 0.2) is 0 Å². The molecule has 4 nitrogen and oxygen atoms in total. The molecule has 0 bridgehead atoms. The van der Waals surface area contributed by atoms with Crippen molar-refractivity contribution >= 4 is 40.5 Å². The van der Waals surface area contributed by atoms with Crippen molar-refractivity contribution < 1.29 is 14.3 Å². The summed E-state index contributed by atoms with van der Waals surface area (Å²) in [5.74, 6) is 0.585. The Morgan fingerprint density at radius 3 is 2.80 bits per heavy atom. The second-order valence-electron chi connectivity index (χ2n) is 7.25. The highest BCUT2D eigenvalue weighted by atomic mass is 35.5. The number of aromatic nitrogens is 1. The number of fused-ring (bicyclic) bond motifs is 1. The number of halogens is 2. The maximum absolute atomic E-state index is 11.2. The molecule has 0 spiro atoms. The summed E-state index contributed by atoms with van der Waals surface area (Å²) < 4.78 is 11.4. The molecule has 4 rings (SSSR count). The van der Waals surface area contributed by atoms with E-state index in [1.165, 1.54) is 12.5 Å². The summed E-state index contributed by atoms with van der Waals surface area (Å²) >= 11 is 13.8. The molecule has 2 aromatic carbocycles. The quantitative estimate of drug-likeness (QED) is 0.388. The number of carbonyl (C=O) groups is 1. The molecule has 1 aromatic heterocycles. The SMILES string of the molecule is CC(=O)OC1CCc2cc(OCCc3nc(-c4ccc(Cl)c(Cl)c4)sc3C)ccc21. The maximum Gasteiger partial charge on any atom is 0.303 e. The van der Waals surface area contributed by atoms with Crippen LogP contribution in [0.4, 0.5) is 0 Å². The van der Waals surface area contributed by atoms with E-state index < -0.39 is 0 Å². The first-order valence-electron chi connectivity index (χ1n) is 9.75. The van der Waals surface area contributed by atoms with Crippen LogP contribution in [0.2, 0.25) is 10.0 Å². The lowest BCUT2D eigenvalue weighted by Gasteiger charge is -2.12. The molecule has 0 fully saturated rings. The van der Waals surface area contributed by atoms with Crippen molar-refractivity contribution in [3.63, 3.8) is 0 Å². The van der Waals surface area contributed by atoms with Gasteiger partial charge < -0.3 is 9.47 Å². The highest BCUT2D eigenvalue weighted by Crippen LogP contribution is 2.36. The molecule has 0 amide bonds. The summed E-state index contributed by atoms with van der Waals surface area (Å²) in [7, 11) is 0. The van der Waals surface area contributed by atoms with E-state index in [2.05, 4.69) is 6.92 Å². The van der Waals surface area contributed by atoms with Gasteiger partial charge in [0, 0.05) is 23.8 Å². The molecule has 3 aromatic rings. The van der Waals surface area contributed by atoms with E-state index in [-0.39, 0.29) is 12.1 Å². The van der Waals surface area contributed by atoms with Gasteiger partial charge >= 0.3 is 5.97 Å². The minimum Gasteiger partial charge on any atom is -0.493 e. The predicted molar refractivity (Wildman–Crippen MR) is 121 cm³/mol. The molecular weight excluding hydrogens is 441 g/mol. The molecule has 0 saturated carbocycles.